The van der Waals surface area contributed by atoms with Crippen LogP contribution < -0.4 is 14.8 Å². The predicted molar refractivity (Wildman–Crippen MR) is 98.6 cm³/mol. The highest BCUT2D eigenvalue weighted by atomic mass is 32.1. The summed E-state index contributed by atoms with van der Waals surface area (Å²) in [6.07, 6.45) is 2.49. The van der Waals surface area contributed by atoms with E-state index in [-0.39, 0.29) is 11.8 Å². The molecule has 0 spiro atoms. The molecule has 1 N–H and O–H groups in total. The highest BCUT2D eigenvalue weighted by molar-refractivity contribution is 7.11. The fourth-order valence-corrected chi connectivity index (χ4v) is 3.94. The SMILES string of the molecule is COc1cccc2c1OC[C@H](C(=O)NCCCc1nc(C)c(C)s1)C2. The van der Waals surface area contributed by atoms with Crippen molar-refractivity contribution in [3.63, 3.8) is 0 Å². The van der Waals surface area contributed by atoms with Crippen LogP contribution in [-0.2, 0) is 17.6 Å². The molecular formula is C19H24N2O3S. The van der Waals surface area contributed by atoms with Crippen molar-refractivity contribution in [2.75, 3.05) is 20.3 Å². The van der Waals surface area contributed by atoms with Crippen LogP contribution in [0.1, 0.15) is 27.6 Å². The molecule has 1 atom stereocenters. The summed E-state index contributed by atoms with van der Waals surface area (Å²) in [6.45, 7) is 5.18. The number of nitrogens with zero attached hydrogens (tertiary/aromatic N) is 1. The molecule has 3 rings (SSSR count). The Morgan fingerprint density at radius 1 is 1.44 bits per heavy atom. The van der Waals surface area contributed by atoms with E-state index in [1.54, 1.807) is 18.4 Å². The van der Waals surface area contributed by atoms with Crippen molar-refractivity contribution < 1.29 is 14.3 Å². The van der Waals surface area contributed by atoms with Crippen LogP contribution in [0.3, 0.4) is 0 Å². The third-order valence-electron chi connectivity index (χ3n) is 4.49. The van der Waals surface area contributed by atoms with Gasteiger partial charge in [-0.05, 0) is 38.3 Å². The molecule has 1 aliphatic heterocycles. The normalized spacial score (nSPS) is 16.0. The lowest BCUT2D eigenvalue weighted by Gasteiger charge is -2.25. The van der Waals surface area contributed by atoms with Gasteiger partial charge in [0.05, 0.1) is 23.7 Å². The summed E-state index contributed by atoms with van der Waals surface area (Å²) in [4.78, 5) is 18.2. The molecule has 2 heterocycles. The van der Waals surface area contributed by atoms with Gasteiger partial charge >= 0.3 is 0 Å². The standard InChI is InChI=1S/C19H24N2O3S/c1-12-13(2)25-17(21-12)8-5-9-20-19(22)15-10-14-6-4-7-16(23-3)18(14)24-11-15/h4,6-7,15H,5,8-11H2,1-3H3,(H,20,22)/t15-/m1/s1. The molecule has 0 bridgehead atoms. The number of para-hydroxylation sites is 1. The van der Waals surface area contributed by atoms with Crippen LogP contribution in [0.2, 0.25) is 0 Å². The Morgan fingerprint density at radius 2 is 2.28 bits per heavy atom. The van der Waals surface area contributed by atoms with Crippen LogP contribution in [0.25, 0.3) is 0 Å². The second-order valence-corrected chi connectivity index (χ2v) is 7.59. The molecule has 2 aromatic rings. The molecule has 0 aliphatic carbocycles. The van der Waals surface area contributed by atoms with Gasteiger partial charge in [-0.3, -0.25) is 4.79 Å². The van der Waals surface area contributed by atoms with Gasteiger partial charge in [0.2, 0.25) is 5.91 Å². The molecule has 134 valence electrons. The molecule has 1 aromatic carbocycles. The fourth-order valence-electron chi connectivity index (χ4n) is 2.96. The number of nitrogens with one attached hydrogen (secondary N) is 1. The first-order valence-electron chi connectivity index (χ1n) is 8.57. The van der Waals surface area contributed by atoms with Crippen molar-refractivity contribution in [1.29, 1.82) is 0 Å². The maximum atomic E-state index is 12.4. The van der Waals surface area contributed by atoms with E-state index in [1.165, 1.54) is 4.88 Å². The Kier molecular flexibility index (Phi) is 5.58. The van der Waals surface area contributed by atoms with Gasteiger partial charge in [-0.25, -0.2) is 4.98 Å². The van der Waals surface area contributed by atoms with Crippen LogP contribution >= 0.6 is 11.3 Å². The lowest BCUT2D eigenvalue weighted by Crippen LogP contribution is -2.37. The number of hydrogen-bond donors (Lipinski definition) is 1. The molecule has 0 radical (unpaired) electrons. The number of rotatable bonds is 6. The Bertz CT molecular complexity index is 738. The number of carbonyl (C=O) groups is 1. The maximum Gasteiger partial charge on any atom is 0.226 e. The number of aromatic nitrogens is 1. The molecule has 1 amide bonds. The zero-order chi connectivity index (χ0) is 17.8. The van der Waals surface area contributed by atoms with Gasteiger partial charge in [0.1, 0.15) is 6.61 Å². The van der Waals surface area contributed by atoms with E-state index >= 15 is 0 Å². The van der Waals surface area contributed by atoms with Gasteiger partial charge in [0, 0.05) is 17.8 Å². The molecule has 6 heteroatoms. The zero-order valence-electron chi connectivity index (χ0n) is 14.9. The second kappa shape index (κ2) is 7.87. The average molecular weight is 360 g/mol. The van der Waals surface area contributed by atoms with E-state index < -0.39 is 0 Å². The molecule has 0 fully saturated rings. The number of thiazole rings is 1. The topological polar surface area (TPSA) is 60.5 Å². The lowest BCUT2D eigenvalue weighted by atomic mass is 9.95. The molecular weight excluding hydrogens is 336 g/mol. The molecule has 0 unspecified atom stereocenters. The minimum atomic E-state index is -0.149. The van der Waals surface area contributed by atoms with Crippen LogP contribution in [-0.4, -0.2) is 31.2 Å². The molecule has 25 heavy (non-hydrogen) atoms. The minimum absolute atomic E-state index is 0.0555. The van der Waals surface area contributed by atoms with Crippen LogP contribution in [0, 0.1) is 19.8 Å². The third-order valence-corrected chi connectivity index (χ3v) is 5.62. The first kappa shape index (κ1) is 17.7. The largest absolute Gasteiger partial charge is 0.493 e. The third kappa shape index (κ3) is 4.12. The second-order valence-electron chi connectivity index (χ2n) is 6.30. The van der Waals surface area contributed by atoms with Crippen LogP contribution in [0.4, 0.5) is 0 Å². The first-order valence-corrected chi connectivity index (χ1v) is 9.39. The minimum Gasteiger partial charge on any atom is -0.493 e. The smallest absolute Gasteiger partial charge is 0.226 e. The van der Waals surface area contributed by atoms with Crippen LogP contribution in [0.15, 0.2) is 18.2 Å². The van der Waals surface area contributed by atoms with Crippen molar-refractivity contribution in [3.8, 4) is 11.5 Å². The van der Waals surface area contributed by atoms with E-state index in [0.29, 0.717) is 19.6 Å². The van der Waals surface area contributed by atoms with Gasteiger partial charge in [-0.1, -0.05) is 12.1 Å². The Morgan fingerprint density at radius 3 is 3.00 bits per heavy atom. The van der Waals surface area contributed by atoms with Crippen molar-refractivity contribution in [3.05, 3.63) is 39.3 Å². The average Bonchev–Trinajstić information content (AvgIpc) is 2.95. The summed E-state index contributed by atoms with van der Waals surface area (Å²) in [5.41, 5.74) is 2.14. The van der Waals surface area contributed by atoms with E-state index in [2.05, 4.69) is 17.2 Å². The molecule has 0 saturated carbocycles. The summed E-state index contributed by atoms with van der Waals surface area (Å²) in [5.74, 6) is 1.40. The van der Waals surface area contributed by atoms with Crippen molar-refractivity contribution in [2.45, 2.75) is 33.1 Å². The Balaban J connectivity index is 1.47. The van der Waals surface area contributed by atoms with Gasteiger partial charge < -0.3 is 14.8 Å². The number of benzene rings is 1. The summed E-state index contributed by atoms with van der Waals surface area (Å²) in [7, 11) is 1.63. The molecule has 1 aliphatic rings. The monoisotopic (exact) mass is 360 g/mol. The van der Waals surface area contributed by atoms with E-state index in [4.69, 9.17) is 9.47 Å². The highest BCUT2D eigenvalue weighted by Gasteiger charge is 2.27. The Hall–Kier alpha value is -2.08. The predicted octanol–water partition coefficient (Wildman–Crippen LogP) is 3.07. The Labute approximate surface area is 152 Å². The number of methoxy groups -OCH3 is 1. The lowest BCUT2D eigenvalue weighted by molar-refractivity contribution is -0.126. The number of hydrogen-bond acceptors (Lipinski definition) is 5. The van der Waals surface area contributed by atoms with Gasteiger partial charge in [0.25, 0.3) is 0 Å². The van der Waals surface area contributed by atoms with Crippen molar-refractivity contribution >= 4 is 17.2 Å². The van der Waals surface area contributed by atoms with Gasteiger partial charge in [0.15, 0.2) is 11.5 Å². The van der Waals surface area contributed by atoms with Gasteiger partial charge in [-0.15, -0.1) is 11.3 Å². The fraction of sp³-hybridized carbons (Fsp3) is 0.474. The molecule has 1 aromatic heterocycles. The molecule has 5 nitrogen and oxygen atoms in total. The van der Waals surface area contributed by atoms with Crippen LogP contribution in [0.5, 0.6) is 11.5 Å². The number of aryl methyl sites for hydroxylation is 3. The number of fused-ring (bicyclic) bond motifs is 1. The van der Waals surface area contributed by atoms with Crippen molar-refractivity contribution in [2.24, 2.45) is 5.92 Å². The highest BCUT2D eigenvalue weighted by Crippen LogP contribution is 2.36. The van der Waals surface area contributed by atoms with E-state index in [0.717, 1.165) is 40.6 Å². The number of amides is 1. The summed E-state index contributed by atoms with van der Waals surface area (Å²) in [6, 6.07) is 5.80. The summed E-state index contributed by atoms with van der Waals surface area (Å²) >= 11 is 1.74. The van der Waals surface area contributed by atoms with E-state index in [9.17, 15) is 4.79 Å². The number of ether oxygens (including phenoxy) is 2. The number of carbonyl (C=O) groups excluding carboxylic acids is 1. The first-order chi connectivity index (χ1) is 12.1. The quantitative estimate of drug-likeness (QED) is 0.805. The summed E-state index contributed by atoms with van der Waals surface area (Å²) in [5, 5.41) is 4.17. The van der Waals surface area contributed by atoms with Crippen molar-refractivity contribution in [1.82, 2.24) is 10.3 Å². The van der Waals surface area contributed by atoms with Gasteiger partial charge in [-0.2, -0.15) is 0 Å². The zero-order valence-corrected chi connectivity index (χ0v) is 15.7. The maximum absolute atomic E-state index is 12.4. The summed E-state index contributed by atoms with van der Waals surface area (Å²) < 4.78 is 11.1. The van der Waals surface area contributed by atoms with E-state index in [1.807, 2.05) is 25.1 Å². The molecule has 0 saturated heterocycles.